The average molecular weight is 464 g/mol. The summed E-state index contributed by atoms with van der Waals surface area (Å²) in [6.07, 6.45) is 1.55. The molecule has 0 aliphatic heterocycles. The quantitative estimate of drug-likeness (QED) is 0.465. The highest BCUT2D eigenvalue weighted by Gasteiger charge is 2.08. The summed E-state index contributed by atoms with van der Waals surface area (Å²) in [6, 6.07) is 15.1. The first kappa shape index (κ1) is 17.4. The second kappa shape index (κ2) is 8.13. The van der Waals surface area contributed by atoms with Gasteiger partial charge in [0.15, 0.2) is 0 Å². The lowest BCUT2D eigenvalue weighted by Gasteiger charge is -2.00. The van der Waals surface area contributed by atoms with Crippen LogP contribution in [0.5, 0.6) is 0 Å². The third-order valence-corrected chi connectivity index (χ3v) is 4.34. The smallest absolute Gasteiger partial charge is 0.263 e. The van der Waals surface area contributed by atoms with E-state index in [0.717, 1.165) is 20.1 Å². The number of amides is 1. The highest BCUT2D eigenvalue weighted by atomic mass is 79.9. The fourth-order valence-corrected chi connectivity index (χ4v) is 2.69. The second-order valence-electron chi connectivity index (χ2n) is 4.97. The summed E-state index contributed by atoms with van der Waals surface area (Å²) in [5, 5.41) is 15.9. The molecule has 25 heavy (non-hydrogen) atoms. The van der Waals surface area contributed by atoms with Crippen LogP contribution >= 0.6 is 31.9 Å². The molecule has 0 unspecified atom stereocenters. The zero-order chi connectivity index (χ0) is 17.6. The molecular weight excluding hydrogens is 452 g/mol. The van der Waals surface area contributed by atoms with Crippen LogP contribution < -0.4 is 5.43 Å². The molecule has 0 radical (unpaired) electrons. The van der Waals surface area contributed by atoms with E-state index < -0.39 is 0 Å². The first-order chi connectivity index (χ1) is 12.1. The second-order valence-corrected chi connectivity index (χ2v) is 6.74. The van der Waals surface area contributed by atoms with E-state index in [4.69, 9.17) is 0 Å². The zero-order valence-electron chi connectivity index (χ0n) is 12.8. The van der Waals surface area contributed by atoms with Gasteiger partial charge in [-0.15, -0.1) is 10.2 Å². The van der Waals surface area contributed by atoms with Crippen LogP contribution in [0.25, 0.3) is 11.4 Å². The van der Waals surface area contributed by atoms with Gasteiger partial charge in [0.05, 0.1) is 6.21 Å². The SMILES string of the molecule is O=C(Cn1nnc(-c2ccccc2)n1)N/N=C\c1cc(Br)ccc1Br. The van der Waals surface area contributed by atoms with Crippen LogP contribution in [0.2, 0.25) is 0 Å². The van der Waals surface area contributed by atoms with Gasteiger partial charge < -0.3 is 0 Å². The number of nitrogens with zero attached hydrogens (tertiary/aromatic N) is 5. The van der Waals surface area contributed by atoms with Crippen LogP contribution in [0.3, 0.4) is 0 Å². The van der Waals surface area contributed by atoms with Crippen LogP contribution in [0.4, 0.5) is 0 Å². The summed E-state index contributed by atoms with van der Waals surface area (Å²) in [4.78, 5) is 13.2. The van der Waals surface area contributed by atoms with E-state index in [9.17, 15) is 4.79 Å². The number of halogens is 2. The van der Waals surface area contributed by atoms with Crippen molar-refractivity contribution in [3.8, 4) is 11.4 Å². The van der Waals surface area contributed by atoms with Crippen molar-refractivity contribution in [3.63, 3.8) is 0 Å². The third kappa shape index (κ3) is 4.80. The Labute approximate surface area is 160 Å². The van der Waals surface area contributed by atoms with Crippen molar-refractivity contribution in [2.45, 2.75) is 6.54 Å². The number of carbonyl (C=O) groups is 1. The molecule has 1 aromatic heterocycles. The largest absolute Gasteiger partial charge is 0.271 e. The molecule has 9 heteroatoms. The van der Waals surface area contributed by atoms with Crippen molar-refractivity contribution >= 4 is 44.0 Å². The minimum absolute atomic E-state index is 0.0726. The predicted octanol–water partition coefficient (Wildman–Crippen LogP) is 3.02. The average Bonchev–Trinajstić information content (AvgIpc) is 3.07. The molecule has 0 saturated carbocycles. The molecule has 7 nitrogen and oxygen atoms in total. The minimum atomic E-state index is -0.348. The Balaban J connectivity index is 1.59. The van der Waals surface area contributed by atoms with E-state index in [1.807, 2.05) is 48.5 Å². The Hall–Kier alpha value is -2.39. The zero-order valence-corrected chi connectivity index (χ0v) is 16.0. The molecule has 1 heterocycles. The molecule has 2 aromatic carbocycles. The van der Waals surface area contributed by atoms with Crippen LogP contribution in [0.1, 0.15) is 5.56 Å². The number of carbonyl (C=O) groups excluding carboxylic acids is 1. The normalized spacial score (nSPS) is 11.0. The Bertz CT molecular complexity index is 910. The minimum Gasteiger partial charge on any atom is -0.271 e. The monoisotopic (exact) mass is 462 g/mol. The van der Waals surface area contributed by atoms with Gasteiger partial charge in [-0.1, -0.05) is 62.2 Å². The van der Waals surface area contributed by atoms with Gasteiger partial charge in [0.25, 0.3) is 5.91 Å². The molecular formula is C16H12Br2N6O. The number of hydrazone groups is 1. The van der Waals surface area contributed by atoms with Crippen molar-refractivity contribution in [1.82, 2.24) is 25.6 Å². The summed E-state index contributed by atoms with van der Waals surface area (Å²) >= 11 is 6.81. The Morgan fingerprint density at radius 3 is 2.80 bits per heavy atom. The Kier molecular flexibility index (Phi) is 5.67. The fourth-order valence-electron chi connectivity index (χ4n) is 1.96. The highest BCUT2D eigenvalue weighted by Crippen LogP contribution is 2.19. The summed E-state index contributed by atoms with van der Waals surface area (Å²) < 4.78 is 1.79. The first-order valence-electron chi connectivity index (χ1n) is 7.22. The molecule has 0 fully saturated rings. The number of tetrazole rings is 1. The number of aromatic nitrogens is 4. The van der Waals surface area contributed by atoms with Crippen molar-refractivity contribution < 1.29 is 4.79 Å². The lowest BCUT2D eigenvalue weighted by molar-refractivity contribution is -0.122. The number of benzene rings is 2. The van der Waals surface area contributed by atoms with E-state index >= 15 is 0 Å². The maximum Gasteiger partial charge on any atom is 0.263 e. The van der Waals surface area contributed by atoms with E-state index in [1.165, 1.54) is 4.80 Å². The van der Waals surface area contributed by atoms with Gasteiger partial charge in [0.2, 0.25) is 5.82 Å². The molecule has 126 valence electrons. The molecule has 1 amide bonds. The number of nitrogens with one attached hydrogen (secondary N) is 1. The molecule has 3 rings (SSSR count). The van der Waals surface area contributed by atoms with E-state index in [-0.39, 0.29) is 12.5 Å². The Morgan fingerprint density at radius 2 is 2.00 bits per heavy atom. The van der Waals surface area contributed by atoms with Gasteiger partial charge in [0, 0.05) is 20.1 Å². The third-order valence-electron chi connectivity index (χ3n) is 3.12. The Morgan fingerprint density at radius 1 is 1.20 bits per heavy atom. The van der Waals surface area contributed by atoms with Gasteiger partial charge in [-0.2, -0.15) is 9.90 Å². The fraction of sp³-hybridized carbons (Fsp3) is 0.0625. The molecule has 0 aliphatic rings. The summed E-state index contributed by atoms with van der Waals surface area (Å²) in [6.45, 7) is -0.0726. The van der Waals surface area contributed by atoms with Gasteiger partial charge in [-0.25, -0.2) is 5.43 Å². The molecule has 0 spiro atoms. The van der Waals surface area contributed by atoms with Crippen molar-refractivity contribution in [3.05, 3.63) is 63.0 Å². The van der Waals surface area contributed by atoms with E-state index in [2.05, 4.69) is 57.8 Å². The molecule has 0 aliphatic carbocycles. The molecule has 3 aromatic rings. The summed E-state index contributed by atoms with van der Waals surface area (Å²) in [5.41, 5.74) is 4.11. The lowest BCUT2D eigenvalue weighted by Crippen LogP contribution is -2.24. The molecule has 0 saturated heterocycles. The van der Waals surface area contributed by atoms with E-state index in [1.54, 1.807) is 6.21 Å². The van der Waals surface area contributed by atoms with Gasteiger partial charge in [0.1, 0.15) is 6.54 Å². The van der Waals surface area contributed by atoms with Crippen LogP contribution in [0.15, 0.2) is 62.6 Å². The first-order valence-corrected chi connectivity index (χ1v) is 8.80. The maximum atomic E-state index is 11.9. The molecule has 0 bridgehead atoms. The molecule has 1 N–H and O–H groups in total. The predicted molar refractivity (Wildman–Crippen MR) is 101 cm³/mol. The maximum absolute atomic E-state index is 11.9. The summed E-state index contributed by atoms with van der Waals surface area (Å²) in [7, 11) is 0. The number of hydrogen-bond acceptors (Lipinski definition) is 5. The highest BCUT2D eigenvalue weighted by molar-refractivity contribution is 9.11. The van der Waals surface area contributed by atoms with Crippen molar-refractivity contribution in [2.75, 3.05) is 0 Å². The van der Waals surface area contributed by atoms with Crippen molar-refractivity contribution in [2.24, 2.45) is 5.10 Å². The summed E-state index contributed by atoms with van der Waals surface area (Å²) in [5.74, 6) is 0.120. The number of rotatable bonds is 5. The standard InChI is InChI=1S/C16H12Br2N6O/c17-13-6-7-14(18)12(8-13)9-19-20-15(25)10-24-22-16(21-23-24)11-4-2-1-3-5-11/h1-9H,10H2,(H,20,25)/b19-9-. The molecule has 0 atom stereocenters. The van der Waals surface area contributed by atoms with E-state index in [0.29, 0.717) is 5.82 Å². The van der Waals surface area contributed by atoms with Crippen LogP contribution in [0, 0.1) is 0 Å². The van der Waals surface area contributed by atoms with Gasteiger partial charge >= 0.3 is 0 Å². The van der Waals surface area contributed by atoms with Crippen LogP contribution in [-0.4, -0.2) is 32.3 Å². The van der Waals surface area contributed by atoms with Crippen molar-refractivity contribution in [1.29, 1.82) is 0 Å². The van der Waals surface area contributed by atoms with Gasteiger partial charge in [-0.3, -0.25) is 4.79 Å². The topological polar surface area (TPSA) is 85.1 Å². The number of hydrogen-bond donors (Lipinski definition) is 1. The lowest BCUT2D eigenvalue weighted by atomic mass is 10.2. The van der Waals surface area contributed by atoms with Crippen LogP contribution in [-0.2, 0) is 11.3 Å². The van der Waals surface area contributed by atoms with Gasteiger partial charge in [-0.05, 0) is 23.4 Å².